The van der Waals surface area contributed by atoms with Crippen LogP contribution < -0.4 is 4.90 Å². The Bertz CT molecular complexity index is 811. The van der Waals surface area contributed by atoms with Crippen molar-refractivity contribution in [3.8, 4) is 11.4 Å². The van der Waals surface area contributed by atoms with E-state index in [9.17, 15) is 0 Å². The standard InChI is InChI=1S/C17H16ClN3OS/c1-11-14-7-9-23-15(14)6-8-21(11)10-16-19-17(20-22-16)12-2-4-13(18)5-3-12/h2-5,7,9,11H,6,8,10H2,1H3/p+1/t11-/m0/s1. The Labute approximate surface area is 143 Å². The number of quaternary nitrogens is 1. The van der Waals surface area contributed by atoms with Crippen LogP contribution in [0.1, 0.15) is 29.3 Å². The molecular formula is C17H17ClN3OS+. The summed E-state index contributed by atoms with van der Waals surface area (Å²) in [5.74, 6) is 1.31. The van der Waals surface area contributed by atoms with Crippen molar-refractivity contribution in [2.45, 2.75) is 25.9 Å². The summed E-state index contributed by atoms with van der Waals surface area (Å²) in [6.07, 6.45) is 1.13. The van der Waals surface area contributed by atoms with Crippen LogP contribution in [0.4, 0.5) is 0 Å². The maximum atomic E-state index is 5.91. The van der Waals surface area contributed by atoms with E-state index in [1.807, 2.05) is 35.6 Å². The van der Waals surface area contributed by atoms with Crippen LogP contribution in [-0.2, 0) is 13.0 Å². The zero-order valence-electron chi connectivity index (χ0n) is 12.8. The average Bonchev–Trinajstić information content (AvgIpc) is 3.20. The number of benzene rings is 1. The van der Waals surface area contributed by atoms with Gasteiger partial charge >= 0.3 is 0 Å². The first-order chi connectivity index (χ1) is 11.2. The van der Waals surface area contributed by atoms with Crippen LogP contribution in [0.15, 0.2) is 40.2 Å². The van der Waals surface area contributed by atoms with Crippen molar-refractivity contribution in [3.63, 3.8) is 0 Å². The van der Waals surface area contributed by atoms with Gasteiger partial charge in [-0.05, 0) is 42.6 Å². The Morgan fingerprint density at radius 3 is 2.96 bits per heavy atom. The van der Waals surface area contributed by atoms with Crippen molar-refractivity contribution in [1.29, 1.82) is 0 Å². The second-order valence-electron chi connectivity index (χ2n) is 5.87. The smallest absolute Gasteiger partial charge is 0.282 e. The van der Waals surface area contributed by atoms with Crippen molar-refractivity contribution >= 4 is 22.9 Å². The molecule has 1 unspecified atom stereocenters. The summed E-state index contributed by atoms with van der Waals surface area (Å²) in [5, 5.41) is 6.99. The Balaban J connectivity index is 1.51. The lowest BCUT2D eigenvalue weighted by Gasteiger charge is -2.29. The lowest BCUT2D eigenvalue weighted by Crippen LogP contribution is -3.11. The van der Waals surface area contributed by atoms with Crippen molar-refractivity contribution < 1.29 is 9.42 Å². The van der Waals surface area contributed by atoms with E-state index in [1.165, 1.54) is 15.3 Å². The first-order valence-electron chi connectivity index (χ1n) is 7.70. The largest absolute Gasteiger partial charge is 0.333 e. The van der Waals surface area contributed by atoms with Crippen molar-refractivity contribution in [2.75, 3.05) is 6.54 Å². The number of thiophene rings is 1. The third kappa shape index (κ3) is 2.92. The summed E-state index contributed by atoms with van der Waals surface area (Å²) in [4.78, 5) is 7.54. The Kier molecular flexibility index (Phi) is 3.93. The van der Waals surface area contributed by atoms with Crippen LogP contribution in [0.25, 0.3) is 11.4 Å². The number of hydrogen-bond donors (Lipinski definition) is 1. The normalized spacial score (nSPS) is 20.4. The summed E-state index contributed by atoms with van der Waals surface area (Å²) in [7, 11) is 0. The van der Waals surface area contributed by atoms with E-state index >= 15 is 0 Å². The number of rotatable bonds is 3. The number of nitrogens with one attached hydrogen (secondary N) is 1. The molecule has 118 valence electrons. The SMILES string of the molecule is C[C@H]1c2ccsc2CC[NH+]1Cc1nc(-c2ccc(Cl)cc2)no1. The summed E-state index contributed by atoms with van der Waals surface area (Å²) in [6, 6.07) is 10.2. The lowest BCUT2D eigenvalue weighted by atomic mass is 10.0. The van der Waals surface area contributed by atoms with Gasteiger partial charge in [0.05, 0.1) is 6.54 Å². The zero-order valence-corrected chi connectivity index (χ0v) is 14.3. The molecule has 1 aliphatic rings. The minimum Gasteiger partial charge on any atom is -0.333 e. The van der Waals surface area contributed by atoms with Crippen molar-refractivity contribution in [3.05, 3.63) is 57.1 Å². The number of fused-ring (bicyclic) bond motifs is 1. The van der Waals surface area contributed by atoms with E-state index in [0.717, 1.165) is 25.1 Å². The van der Waals surface area contributed by atoms with Gasteiger partial charge in [-0.15, -0.1) is 11.3 Å². The molecule has 4 rings (SSSR count). The monoisotopic (exact) mass is 346 g/mol. The average molecular weight is 347 g/mol. The molecule has 0 bridgehead atoms. The van der Waals surface area contributed by atoms with Gasteiger partial charge in [0.15, 0.2) is 6.54 Å². The molecule has 0 fully saturated rings. The number of aromatic nitrogens is 2. The molecule has 3 heterocycles. The van der Waals surface area contributed by atoms with Gasteiger partial charge in [0.2, 0.25) is 5.82 Å². The highest BCUT2D eigenvalue weighted by atomic mass is 35.5. The predicted octanol–water partition coefficient (Wildman–Crippen LogP) is 3.15. The van der Waals surface area contributed by atoms with Crippen LogP contribution >= 0.6 is 22.9 Å². The van der Waals surface area contributed by atoms with Crippen LogP contribution in [0.5, 0.6) is 0 Å². The zero-order chi connectivity index (χ0) is 15.8. The Morgan fingerprint density at radius 2 is 2.13 bits per heavy atom. The van der Waals surface area contributed by atoms with Crippen LogP contribution in [0.3, 0.4) is 0 Å². The molecule has 3 aromatic rings. The number of nitrogens with zero attached hydrogens (tertiary/aromatic N) is 2. The molecule has 0 radical (unpaired) electrons. The first kappa shape index (κ1) is 14.9. The number of halogens is 1. The molecule has 1 N–H and O–H groups in total. The van der Waals surface area contributed by atoms with Crippen LogP contribution in [0.2, 0.25) is 5.02 Å². The van der Waals surface area contributed by atoms with Gasteiger partial charge in [-0.1, -0.05) is 16.8 Å². The molecule has 0 saturated heterocycles. The van der Waals surface area contributed by atoms with Gasteiger partial charge in [0.25, 0.3) is 5.89 Å². The Hall–Kier alpha value is -1.69. The minimum atomic E-state index is 0.468. The highest BCUT2D eigenvalue weighted by Gasteiger charge is 2.29. The molecule has 6 heteroatoms. The summed E-state index contributed by atoms with van der Waals surface area (Å²) in [5.41, 5.74) is 2.39. The van der Waals surface area contributed by atoms with E-state index in [1.54, 1.807) is 0 Å². The molecule has 0 amide bonds. The van der Waals surface area contributed by atoms with Crippen LogP contribution in [-0.4, -0.2) is 16.7 Å². The maximum absolute atomic E-state index is 5.91. The highest BCUT2D eigenvalue weighted by Crippen LogP contribution is 2.25. The van der Waals surface area contributed by atoms with Gasteiger partial charge < -0.3 is 9.42 Å². The fraction of sp³-hybridized carbons (Fsp3) is 0.294. The number of hydrogen-bond acceptors (Lipinski definition) is 4. The molecule has 0 aliphatic carbocycles. The highest BCUT2D eigenvalue weighted by molar-refractivity contribution is 7.10. The van der Waals surface area contributed by atoms with Crippen molar-refractivity contribution in [2.24, 2.45) is 0 Å². The molecule has 1 aromatic carbocycles. The topological polar surface area (TPSA) is 43.4 Å². The van der Waals surface area contributed by atoms with Gasteiger partial charge in [-0.25, -0.2) is 0 Å². The summed E-state index contributed by atoms with van der Waals surface area (Å²) in [6.45, 7) is 4.14. The fourth-order valence-electron chi connectivity index (χ4n) is 3.13. The second kappa shape index (κ2) is 6.07. The molecular weight excluding hydrogens is 330 g/mol. The molecule has 1 aliphatic heterocycles. The fourth-order valence-corrected chi connectivity index (χ4v) is 4.23. The molecule has 2 aromatic heterocycles. The Morgan fingerprint density at radius 1 is 1.30 bits per heavy atom. The summed E-state index contributed by atoms with van der Waals surface area (Å²) >= 11 is 7.78. The second-order valence-corrected chi connectivity index (χ2v) is 7.31. The van der Waals surface area contributed by atoms with Gasteiger partial charge in [0, 0.05) is 27.4 Å². The van der Waals surface area contributed by atoms with E-state index < -0.39 is 0 Å². The molecule has 0 saturated carbocycles. The third-order valence-electron chi connectivity index (χ3n) is 4.48. The quantitative estimate of drug-likeness (QED) is 0.792. The lowest BCUT2D eigenvalue weighted by molar-refractivity contribution is -0.946. The van der Waals surface area contributed by atoms with Gasteiger partial charge in [-0.3, -0.25) is 0 Å². The summed E-state index contributed by atoms with van der Waals surface area (Å²) < 4.78 is 5.46. The molecule has 23 heavy (non-hydrogen) atoms. The van der Waals surface area contributed by atoms with E-state index in [2.05, 4.69) is 28.5 Å². The first-order valence-corrected chi connectivity index (χ1v) is 8.96. The van der Waals surface area contributed by atoms with Crippen LogP contribution in [0, 0.1) is 0 Å². The third-order valence-corrected chi connectivity index (χ3v) is 5.73. The van der Waals surface area contributed by atoms with Gasteiger partial charge in [-0.2, -0.15) is 4.98 Å². The van der Waals surface area contributed by atoms with Gasteiger partial charge in [0.1, 0.15) is 6.04 Å². The van der Waals surface area contributed by atoms with E-state index in [-0.39, 0.29) is 0 Å². The maximum Gasteiger partial charge on any atom is 0.282 e. The molecule has 4 nitrogen and oxygen atoms in total. The van der Waals surface area contributed by atoms with E-state index in [4.69, 9.17) is 16.1 Å². The van der Waals surface area contributed by atoms with E-state index in [0.29, 0.717) is 22.8 Å². The predicted molar refractivity (Wildman–Crippen MR) is 90.7 cm³/mol. The molecule has 2 atom stereocenters. The molecule has 0 spiro atoms. The minimum absolute atomic E-state index is 0.468. The van der Waals surface area contributed by atoms with Crippen molar-refractivity contribution in [1.82, 2.24) is 10.1 Å².